The quantitative estimate of drug-likeness (QED) is 0.415. The van der Waals surface area contributed by atoms with Gasteiger partial charge >= 0.3 is 6.03 Å². The smallest absolute Gasteiger partial charge is 0.302 e. The fourth-order valence-electron chi connectivity index (χ4n) is 3.46. The highest BCUT2D eigenvalue weighted by Crippen LogP contribution is 2.17. The summed E-state index contributed by atoms with van der Waals surface area (Å²) in [5.41, 5.74) is 7.92. The number of quaternary nitrogens is 1. The maximum atomic E-state index is 12.8. The molecule has 0 heterocycles. The Morgan fingerprint density at radius 2 is 1.57 bits per heavy atom. The Labute approximate surface area is 177 Å². The van der Waals surface area contributed by atoms with Crippen LogP contribution in [0.1, 0.15) is 24.5 Å². The van der Waals surface area contributed by atoms with Gasteiger partial charge in [0.15, 0.2) is 6.54 Å². The molecule has 0 aliphatic rings. The van der Waals surface area contributed by atoms with Crippen molar-refractivity contribution in [1.82, 2.24) is 16.2 Å². The Morgan fingerprint density at radius 1 is 0.867 bits per heavy atom. The highest BCUT2D eigenvalue weighted by molar-refractivity contribution is 5.83. The number of urea groups is 1. The zero-order valence-electron chi connectivity index (χ0n) is 17.5. The summed E-state index contributed by atoms with van der Waals surface area (Å²) in [4.78, 5) is 25.6. The lowest BCUT2D eigenvalue weighted by Gasteiger charge is -2.32. The Kier molecular flexibility index (Phi) is 7.17. The number of nitrogens with one attached hydrogen (secondary N) is 3. The Morgan fingerprint density at radius 3 is 2.27 bits per heavy atom. The van der Waals surface area contributed by atoms with Gasteiger partial charge in [-0.05, 0) is 29.7 Å². The molecule has 3 N–H and O–H groups in total. The minimum atomic E-state index is -0.394. The van der Waals surface area contributed by atoms with Crippen LogP contribution < -0.4 is 16.2 Å². The van der Waals surface area contributed by atoms with Crippen molar-refractivity contribution < 1.29 is 14.3 Å². The third-order valence-corrected chi connectivity index (χ3v) is 5.09. The number of fused-ring (bicyclic) bond motifs is 1. The van der Waals surface area contributed by atoms with Gasteiger partial charge in [-0.25, -0.2) is 4.79 Å². The van der Waals surface area contributed by atoms with Gasteiger partial charge in [0.1, 0.15) is 0 Å². The van der Waals surface area contributed by atoms with Gasteiger partial charge in [0.05, 0.1) is 0 Å². The van der Waals surface area contributed by atoms with Crippen LogP contribution in [0.3, 0.4) is 0 Å². The van der Waals surface area contributed by atoms with Gasteiger partial charge in [-0.1, -0.05) is 77.5 Å². The Hall–Kier alpha value is -3.22. The van der Waals surface area contributed by atoms with E-state index < -0.39 is 4.70 Å². The van der Waals surface area contributed by atoms with Crippen molar-refractivity contribution in [2.75, 3.05) is 13.6 Å². The molecule has 156 valence electrons. The number of amides is 3. The Bertz CT molecular complexity index is 1010. The monoisotopic (exact) mass is 405 g/mol. The summed E-state index contributed by atoms with van der Waals surface area (Å²) in [6.45, 7) is 2.62. The van der Waals surface area contributed by atoms with Crippen LogP contribution in [0, 0.1) is 0 Å². The maximum Gasteiger partial charge on any atom is 0.461 e. The lowest BCUT2D eigenvalue weighted by Crippen LogP contribution is -2.71. The van der Waals surface area contributed by atoms with Crippen molar-refractivity contribution in [3.05, 3.63) is 83.9 Å². The summed E-state index contributed by atoms with van der Waals surface area (Å²) in [6, 6.07) is 23.7. The van der Waals surface area contributed by atoms with Gasteiger partial charge in [0, 0.05) is 25.6 Å². The first-order valence-corrected chi connectivity index (χ1v) is 10.2. The minimum absolute atomic E-state index is 0.195. The molecule has 6 nitrogen and oxygen atoms in total. The summed E-state index contributed by atoms with van der Waals surface area (Å²) in [5.74, 6) is -0.195. The highest BCUT2D eigenvalue weighted by atomic mass is 16.2. The first-order valence-electron chi connectivity index (χ1n) is 10.2. The molecule has 0 saturated heterocycles. The number of hydrogen-bond acceptors (Lipinski definition) is 3. The lowest BCUT2D eigenvalue weighted by molar-refractivity contribution is -0.939. The second-order valence-corrected chi connectivity index (χ2v) is 7.23. The van der Waals surface area contributed by atoms with Crippen LogP contribution in [-0.2, 0) is 17.8 Å². The van der Waals surface area contributed by atoms with Crippen LogP contribution in [0.25, 0.3) is 10.8 Å². The van der Waals surface area contributed by atoms with Crippen molar-refractivity contribution in [3.63, 3.8) is 0 Å². The molecule has 1 atom stereocenters. The number of nitrogens with zero attached hydrogens (tertiary/aromatic N) is 1. The number of hydrogen-bond donors (Lipinski definition) is 3. The molecular formula is C24H29N4O2+. The molecule has 0 bridgehead atoms. The molecule has 0 fully saturated rings. The number of carbonyl (C=O) groups excluding carboxylic acids is 2. The molecule has 0 radical (unpaired) electrons. The van der Waals surface area contributed by atoms with Crippen molar-refractivity contribution in [2.45, 2.75) is 26.3 Å². The first-order chi connectivity index (χ1) is 14.6. The zero-order chi connectivity index (χ0) is 21.4. The fourth-order valence-corrected chi connectivity index (χ4v) is 3.46. The van der Waals surface area contributed by atoms with Crippen LogP contribution in [-0.4, -0.2) is 30.2 Å². The number of carbonyl (C=O) groups is 2. The molecule has 30 heavy (non-hydrogen) atoms. The van der Waals surface area contributed by atoms with E-state index in [0.29, 0.717) is 19.5 Å². The molecule has 3 aromatic rings. The van der Waals surface area contributed by atoms with Crippen LogP contribution >= 0.6 is 0 Å². The van der Waals surface area contributed by atoms with E-state index in [-0.39, 0.29) is 18.4 Å². The van der Waals surface area contributed by atoms with E-state index in [0.717, 1.165) is 16.5 Å². The first kappa shape index (κ1) is 21.5. The molecule has 0 spiro atoms. The van der Waals surface area contributed by atoms with Gasteiger partial charge in [-0.3, -0.25) is 4.79 Å². The van der Waals surface area contributed by atoms with E-state index in [4.69, 9.17) is 0 Å². The van der Waals surface area contributed by atoms with Crippen molar-refractivity contribution in [2.24, 2.45) is 0 Å². The van der Waals surface area contributed by atoms with Gasteiger partial charge in [-0.15, -0.1) is 5.43 Å². The molecule has 0 unspecified atom stereocenters. The molecule has 6 heteroatoms. The molecule has 3 amide bonds. The molecule has 0 saturated carbocycles. The summed E-state index contributed by atoms with van der Waals surface area (Å²) < 4.78 is -0.394. The molecular weight excluding hydrogens is 376 g/mol. The third kappa shape index (κ3) is 5.23. The Balaban J connectivity index is 1.72. The molecule has 3 aromatic carbocycles. The number of aryl methyl sites for hydroxylation is 1. The van der Waals surface area contributed by atoms with Gasteiger partial charge in [0.25, 0.3) is 5.91 Å². The molecule has 0 aliphatic heterocycles. The second-order valence-electron chi connectivity index (χ2n) is 7.23. The molecule has 0 aliphatic carbocycles. The van der Waals surface area contributed by atoms with Crippen LogP contribution in [0.15, 0.2) is 72.8 Å². The largest absolute Gasteiger partial charge is 0.461 e. The molecule has 3 rings (SSSR count). The van der Waals surface area contributed by atoms with Crippen LogP contribution in [0.4, 0.5) is 4.79 Å². The van der Waals surface area contributed by atoms with E-state index in [1.807, 2.05) is 55.5 Å². The van der Waals surface area contributed by atoms with Crippen LogP contribution in [0.5, 0.6) is 0 Å². The minimum Gasteiger partial charge on any atom is -0.302 e. The zero-order valence-corrected chi connectivity index (χ0v) is 17.5. The normalized spacial score (nSPS) is 12.9. The third-order valence-electron chi connectivity index (χ3n) is 5.09. The maximum absolute atomic E-state index is 12.8. The van der Waals surface area contributed by atoms with Crippen LogP contribution in [0.2, 0.25) is 0 Å². The second kappa shape index (κ2) is 10.0. The lowest BCUT2D eigenvalue weighted by atomic mass is 10.0. The predicted molar refractivity (Wildman–Crippen MR) is 119 cm³/mol. The van der Waals surface area contributed by atoms with E-state index in [1.165, 1.54) is 5.39 Å². The standard InChI is InChI=1S/C24H28N4O2/c1-3-26-24(30)28(25-2,18-20-9-5-4-6-10-20)27-23(29)16-14-19-13-15-21-11-7-8-12-22(21)17-19/h4-13,15,17,25H,3,14,16,18H2,1-2H3,(H-,26,27,29,30)/p+1/t28-/m1/s1. The average Bonchev–Trinajstić information content (AvgIpc) is 2.78. The van der Waals surface area contributed by atoms with E-state index in [9.17, 15) is 9.59 Å². The predicted octanol–water partition coefficient (Wildman–Crippen LogP) is 3.68. The highest BCUT2D eigenvalue weighted by Gasteiger charge is 2.38. The van der Waals surface area contributed by atoms with Crippen molar-refractivity contribution in [1.29, 1.82) is 0 Å². The summed E-state index contributed by atoms with van der Waals surface area (Å²) in [7, 11) is 1.67. The number of rotatable bonds is 7. The summed E-state index contributed by atoms with van der Waals surface area (Å²) in [5, 5.41) is 5.14. The van der Waals surface area contributed by atoms with E-state index in [2.05, 4.69) is 40.4 Å². The molecule has 0 aromatic heterocycles. The summed E-state index contributed by atoms with van der Waals surface area (Å²) >= 11 is 0. The SMILES string of the molecule is CCNC(=O)[N@+](Cc1ccccc1)(NC)NC(=O)CCc1ccc2ccccc2c1. The van der Waals surface area contributed by atoms with Gasteiger partial charge in [0.2, 0.25) is 0 Å². The van der Waals surface area contributed by atoms with E-state index in [1.54, 1.807) is 7.05 Å². The van der Waals surface area contributed by atoms with Crippen molar-refractivity contribution >= 4 is 22.7 Å². The van der Waals surface area contributed by atoms with Gasteiger partial charge in [-0.2, -0.15) is 5.43 Å². The van der Waals surface area contributed by atoms with Gasteiger partial charge < -0.3 is 5.32 Å². The average molecular weight is 406 g/mol. The van der Waals surface area contributed by atoms with Crippen molar-refractivity contribution in [3.8, 4) is 0 Å². The summed E-state index contributed by atoms with van der Waals surface area (Å²) in [6.07, 6.45) is 0.884. The fraction of sp³-hybridized carbons (Fsp3) is 0.250. The van der Waals surface area contributed by atoms with E-state index >= 15 is 0 Å². The topological polar surface area (TPSA) is 70.2 Å². The number of benzene rings is 3.